The highest BCUT2D eigenvalue weighted by Crippen LogP contribution is 2.41. The number of rotatable bonds is 3. The van der Waals surface area contributed by atoms with Crippen molar-refractivity contribution < 1.29 is 0 Å². The van der Waals surface area contributed by atoms with Gasteiger partial charge in [-0.15, -0.1) is 11.3 Å². The Morgan fingerprint density at radius 1 is 1.25 bits per heavy atom. The summed E-state index contributed by atoms with van der Waals surface area (Å²) in [6, 6.07) is 6.01. The number of nitrogens with one attached hydrogen (secondary N) is 1. The van der Waals surface area contributed by atoms with Crippen molar-refractivity contribution in [2.45, 2.75) is 26.4 Å². The molecule has 4 aromatic rings. The summed E-state index contributed by atoms with van der Waals surface area (Å²) in [5, 5.41) is 12.4. The van der Waals surface area contributed by atoms with Crippen LogP contribution in [0, 0.1) is 6.92 Å². The lowest BCUT2D eigenvalue weighted by Gasteiger charge is -2.16. The molecule has 0 bridgehead atoms. The molecule has 0 amide bonds. The number of aromatic nitrogens is 6. The van der Waals surface area contributed by atoms with Crippen LogP contribution in [-0.2, 0) is 0 Å². The Labute approximate surface area is 164 Å². The summed E-state index contributed by atoms with van der Waals surface area (Å²) in [7, 11) is 0. The zero-order chi connectivity index (χ0) is 19.5. The van der Waals surface area contributed by atoms with Gasteiger partial charge in [0.2, 0.25) is 0 Å². The van der Waals surface area contributed by atoms with Crippen LogP contribution in [0.3, 0.4) is 0 Å². The summed E-state index contributed by atoms with van der Waals surface area (Å²) >= 11 is 1.56. The fourth-order valence-electron chi connectivity index (χ4n) is 3.37. The number of nitrogens with two attached hydrogens (primary N) is 1. The summed E-state index contributed by atoms with van der Waals surface area (Å²) in [5.74, 6) is 0.673. The van der Waals surface area contributed by atoms with E-state index in [0.717, 1.165) is 43.5 Å². The minimum Gasteiger partial charge on any atom is -0.304 e. The van der Waals surface area contributed by atoms with Gasteiger partial charge in [0, 0.05) is 18.0 Å². The van der Waals surface area contributed by atoms with Crippen molar-refractivity contribution in [3.05, 3.63) is 47.7 Å². The van der Waals surface area contributed by atoms with Gasteiger partial charge in [-0.25, -0.2) is 14.5 Å². The predicted molar refractivity (Wildman–Crippen MR) is 110 cm³/mol. The lowest BCUT2D eigenvalue weighted by molar-refractivity contribution is 0.596. The highest BCUT2D eigenvalue weighted by molar-refractivity contribution is 7.18. The maximum absolute atomic E-state index is 6.29. The number of aryl methyl sites for hydroxylation is 1. The van der Waals surface area contributed by atoms with Crippen molar-refractivity contribution in [2.24, 2.45) is 10.7 Å². The van der Waals surface area contributed by atoms with Gasteiger partial charge in [0.05, 0.1) is 27.3 Å². The van der Waals surface area contributed by atoms with Crippen molar-refractivity contribution >= 4 is 28.6 Å². The lowest BCUT2D eigenvalue weighted by Crippen LogP contribution is -2.33. The Kier molecular flexibility index (Phi) is 3.58. The van der Waals surface area contributed by atoms with Crippen LogP contribution in [0.5, 0.6) is 0 Å². The third-order valence-corrected chi connectivity index (χ3v) is 6.15. The van der Waals surface area contributed by atoms with Gasteiger partial charge in [0.15, 0.2) is 5.82 Å². The van der Waals surface area contributed by atoms with Crippen LogP contribution in [-0.4, -0.2) is 41.7 Å². The zero-order valence-corrected chi connectivity index (χ0v) is 16.4. The molecule has 0 radical (unpaired) electrons. The monoisotopic (exact) mass is 390 g/mol. The molecule has 0 saturated heterocycles. The van der Waals surface area contributed by atoms with E-state index >= 15 is 0 Å². The van der Waals surface area contributed by atoms with Crippen molar-refractivity contribution in [3.8, 4) is 21.3 Å². The van der Waals surface area contributed by atoms with Gasteiger partial charge < -0.3 is 5.73 Å². The molecule has 0 fully saturated rings. The van der Waals surface area contributed by atoms with E-state index in [-0.39, 0.29) is 0 Å². The molecular formula is C19H18N8S. The summed E-state index contributed by atoms with van der Waals surface area (Å²) in [5.41, 5.74) is 11.2. The van der Waals surface area contributed by atoms with Crippen LogP contribution in [0.1, 0.15) is 25.2 Å². The summed E-state index contributed by atoms with van der Waals surface area (Å²) in [6.07, 6.45) is 5.24. The fraction of sp³-hybridized carbons (Fsp3) is 0.211. The van der Waals surface area contributed by atoms with Crippen LogP contribution in [0.25, 0.3) is 32.4 Å². The molecule has 1 aliphatic heterocycles. The highest BCUT2D eigenvalue weighted by atomic mass is 32.1. The van der Waals surface area contributed by atoms with E-state index in [1.165, 1.54) is 6.33 Å². The zero-order valence-electron chi connectivity index (χ0n) is 15.6. The molecule has 4 aromatic heterocycles. The van der Waals surface area contributed by atoms with Gasteiger partial charge in [0.1, 0.15) is 17.0 Å². The molecule has 0 saturated carbocycles. The average molecular weight is 390 g/mol. The van der Waals surface area contributed by atoms with Gasteiger partial charge in [-0.1, -0.05) is 6.07 Å². The number of aromatic amines is 1. The van der Waals surface area contributed by atoms with Crippen LogP contribution >= 0.6 is 11.3 Å². The van der Waals surface area contributed by atoms with Crippen molar-refractivity contribution in [1.82, 2.24) is 29.8 Å². The van der Waals surface area contributed by atoms with Gasteiger partial charge in [0.25, 0.3) is 0 Å². The van der Waals surface area contributed by atoms with E-state index in [4.69, 9.17) is 10.7 Å². The van der Waals surface area contributed by atoms with Crippen molar-refractivity contribution in [2.75, 3.05) is 0 Å². The van der Waals surface area contributed by atoms with E-state index in [1.807, 2.05) is 49.7 Å². The SMILES string of the molecule is CC1=C(c2nc(-c3c(C)nn4ccccc34)sc2-c2ncn[nH]2)C=NC1(C)N. The standard InChI is InChI=1S/C19H18N8S/c1-10-12(8-22-19(10,3)20)15-16(17-21-9-23-25-17)28-18(24-15)14-11(2)26-27-7-5-4-6-13(14)27/h4-9H,20H2,1-3H3,(H,21,23,25). The van der Waals surface area contributed by atoms with E-state index in [9.17, 15) is 0 Å². The van der Waals surface area contributed by atoms with E-state index in [2.05, 4.69) is 25.3 Å². The normalized spacial score (nSPS) is 19.3. The number of hydrogen-bond donors (Lipinski definition) is 2. The molecule has 5 rings (SSSR count). The third-order valence-electron chi connectivity index (χ3n) is 5.07. The van der Waals surface area contributed by atoms with Crippen molar-refractivity contribution in [3.63, 3.8) is 0 Å². The van der Waals surface area contributed by atoms with Gasteiger partial charge >= 0.3 is 0 Å². The topological polar surface area (TPSA) is 110 Å². The van der Waals surface area contributed by atoms with E-state index in [0.29, 0.717) is 5.82 Å². The van der Waals surface area contributed by atoms with Crippen LogP contribution in [0.15, 0.2) is 41.3 Å². The van der Waals surface area contributed by atoms with E-state index in [1.54, 1.807) is 17.6 Å². The van der Waals surface area contributed by atoms with Crippen LogP contribution in [0.2, 0.25) is 0 Å². The first kappa shape index (κ1) is 17.0. The van der Waals surface area contributed by atoms with Crippen molar-refractivity contribution in [1.29, 1.82) is 0 Å². The fourth-order valence-corrected chi connectivity index (χ4v) is 4.50. The molecule has 1 aliphatic rings. The smallest absolute Gasteiger partial charge is 0.167 e. The number of nitrogens with zero attached hydrogens (tertiary/aromatic N) is 6. The third kappa shape index (κ3) is 2.44. The molecular weight excluding hydrogens is 372 g/mol. The molecule has 0 spiro atoms. The minimum absolute atomic E-state index is 0.673. The Bertz CT molecular complexity index is 1260. The lowest BCUT2D eigenvalue weighted by atomic mass is 10.00. The van der Waals surface area contributed by atoms with Gasteiger partial charge in [-0.2, -0.15) is 10.2 Å². The quantitative estimate of drug-likeness (QED) is 0.558. The molecule has 28 heavy (non-hydrogen) atoms. The molecule has 0 aliphatic carbocycles. The van der Waals surface area contributed by atoms with Crippen LogP contribution < -0.4 is 5.73 Å². The second-order valence-corrected chi connectivity index (χ2v) is 7.97. The number of H-pyrrole nitrogens is 1. The molecule has 1 unspecified atom stereocenters. The molecule has 3 N–H and O–H groups in total. The molecule has 9 heteroatoms. The van der Waals surface area contributed by atoms with Gasteiger partial charge in [-0.3, -0.25) is 10.1 Å². The summed E-state index contributed by atoms with van der Waals surface area (Å²) < 4.78 is 1.87. The molecule has 8 nitrogen and oxygen atoms in total. The van der Waals surface area contributed by atoms with Crippen LogP contribution in [0.4, 0.5) is 0 Å². The maximum atomic E-state index is 6.29. The largest absolute Gasteiger partial charge is 0.304 e. The number of thiazole rings is 1. The van der Waals surface area contributed by atoms with E-state index < -0.39 is 5.66 Å². The second-order valence-electron chi connectivity index (χ2n) is 6.97. The molecule has 1 atom stereocenters. The predicted octanol–water partition coefficient (Wildman–Crippen LogP) is 3.08. The first-order valence-corrected chi connectivity index (χ1v) is 9.64. The Morgan fingerprint density at radius 2 is 2.11 bits per heavy atom. The number of pyridine rings is 1. The summed E-state index contributed by atoms with van der Waals surface area (Å²) in [4.78, 5) is 14.7. The Hall–Kier alpha value is -3.17. The highest BCUT2D eigenvalue weighted by Gasteiger charge is 2.31. The number of hydrogen-bond acceptors (Lipinski definition) is 7. The number of fused-ring (bicyclic) bond motifs is 1. The maximum Gasteiger partial charge on any atom is 0.167 e. The Morgan fingerprint density at radius 3 is 2.82 bits per heavy atom. The van der Waals surface area contributed by atoms with Gasteiger partial charge in [-0.05, 0) is 38.5 Å². The minimum atomic E-state index is -0.724. The molecule has 140 valence electrons. The summed E-state index contributed by atoms with van der Waals surface area (Å²) in [6.45, 7) is 5.88. The number of aliphatic imine (C=N–C) groups is 1. The first-order valence-electron chi connectivity index (χ1n) is 8.82. The first-order chi connectivity index (χ1) is 13.5. The number of allylic oxidation sites excluding steroid dienone is 1. The Balaban J connectivity index is 1.77. The second kappa shape index (κ2) is 5.91. The molecule has 5 heterocycles. The molecule has 0 aromatic carbocycles. The average Bonchev–Trinajstić information content (AvgIpc) is 3.41.